The van der Waals surface area contributed by atoms with E-state index in [-0.39, 0.29) is 12.5 Å². The van der Waals surface area contributed by atoms with Crippen LogP contribution in [0.1, 0.15) is 32.6 Å². The molecule has 0 N–H and O–H groups in total. The van der Waals surface area contributed by atoms with Crippen LogP contribution in [0.4, 0.5) is 0 Å². The molecule has 0 aromatic heterocycles. The lowest BCUT2D eigenvalue weighted by Gasteiger charge is -2.35. The van der Waals surface area contributed by atoms with E-state index < -0.39 is 0 Å². The standard InChI is InChI=1S/C15H20BrNO2/c1-2-13-5-3-4-10-17(13)15(18)11-19-14-8-6-12(16)7-9-14/h6-9,13H,2-5,10-11H2,1H3. The van der Waals surface area contributed by atoms with Gasteiger partial charge in [0.1, 0.15) is 5.75 Å². The van der Waals surface area contributed by atoms with E-state index in [1.54, 1.807) is 0 Å². The molecule has 0 aliphatic carbocycles. The summed E-state index contributed by atoms with van der Waals surface area (Å²) < 4.78 is 6.56. The van der Waals surface area contributed by atoms with E-state index in [2.05, 4.69) is 22.9 Å². The molecule has 1 amide bonds. The van der Waals surface area contributed by atoms with Gasteiger partial charge in [-0.1, -0.05) is 22.9 Å². The van der Waals surface area contributed by atoms with Gasteiger partial charge in [-0.25, -0.2) is 0 Å². The van der Waals surface area contributed by atoms with Crippen LogP contribution >= 0.6 is 15.9 Å². The van der Waals surface area contributed by atoms with Crippen molar-refractivity contribution in [1.29, 1.82) is 0 Å². The fraction of sp³-hybridized carbons (Fsp3) is 0.533. The second-order valence-electron chi connectivity index (χ2n) is 4.89. The van der Waals surface area contributed by atoms with Crippen molar-refractivity contribution < 1.29 is 9.53 Å². The number of carbonyl (C=O) groups is 1. The molecule has 1 unspecified atom stereocenters. The Labute approximate surface area is 123 Å². The van der Waals surface area contributed by atoms with Crippen molar-refractivity contribution in [3.8, 4) is 5.75 Å². The highest BCUT2D eigenvalue weighted by Crippen LogP contribution is 2.20. The van der Waals surface area contributed by atoms with E-state index in [9.17, 15) is 4.79 Å². The summed E-state index contributed by atoms with van der Waals surface area (Å²) in [5.74, 6) is 0.844. The first-order chi connectivity index (χ1) is 9.20. The molecule has 1 aliphatic heterocycles. The van der Waals surface area contributed by atoms with Crippen molar-refractivity contribution in [2.75, 3.05) is 13.2 Å². The Kier molecular flexibility index (Phi) is 5.25. The van der Waals surface area contributed by atoms with E-state index in [1.807, 2.05) is 29.2 Å². The summed E-state index contributed by atoms with van der Waals surface area (Å²) >= 11 is 3.37. The van der Waals surface area contributed by atoms with Crippen molar-refractivity contribution in [1.82, 2.24) is 4.90 Å². The van der Waals surface area contributed by atoms with Gasteiger partial charge in [0.25, 0.3) is 5.91 Å². The zero-order valence-corrected chi connectivity index (χ0v) is 12.9. The predicted octanol–water partition coefficient (Wildman–Crippen LogP) is 3.62. The third-order valence-electron chi connectivity index (χ3n) is 3.59. The van der Waals surface area contributed by atoms with Crippen LogP contribution < -0.4 is 4.74 Å². The maximum Gasteiger partial charge on any atom is 0.260 e. The Balaban J connectivity index is 1.87. The molecule has 1 atom stereocenters. The third kappa shape index (κ3) is 3.96. The Morgan fingerprint density at radius 1 is 1.37 bits per heavy atom. The van der Waals surface area contributed by atoms with E-state index in [0.717, 1.165) is 36.0 Å². The summed E-state index contributed by atoms with van der Waals surface area (Å²) in [7, 11) is 0. The average Bonchev–Trinajstić information content (AvgIpc) is 2.46. The topological polar surface area (TPSA) is 29.5 Å². The van der Waals surface area contributed by atoms with E-state index in [4.69, 9.17) is 4.74 Å². The van der Waals surface area contributed by atoms with Gasteiger partial charge in [0.05, 0.1) is 0 Å². The molecule has 0 saturated carbocycles. The van der Waals surface area contributed by atoms with Crippen LogP contribution in [0.25, 0.3) is 0 Å². The number of amides is 1. The van der Waals surface area contributed by atoms with Gasteiger partial charge < -0.3 is 9.64 Å². The average molecular weight is 326 g/mol. The number of carbonyl (C=O) groups excluding carboxylic acids is 1. The van der Waals surface area contributed by atoms with Gasteiger partial charge in [-0.2, -0.15) is 0 Å². The smallest absolute Gasteiger partial charge is 0.260 e. The molecule has 1 fully saturated rings. The highest BCUT2D eigenvalue weighted by molar-refractivity contribution is 9.10. The molecule has 1 heterocycles. The first-order valence-corrected chi connectivity index (χ1v) is 7.68. The molecule has 1 aromatic carbocycles. The molecule has 2 rings (SSSR count). The maximum atomic E-state index is 12.2. The number of rotatable bonds is 4. The van der Waals surface area contributed by atoms with Crippen LogP contribution in [0.5, 0.6) is 5.75 Å². The van der Waals surface area contributed by atoms with Gasteiger partial charge in [0.2, 0.25) is 0 Å². The van der Waals surface area contributed by atoms with Crippen molar-refractivity contribution in [3.05, 3.63) is 28.7 Å². The third-order valence-corrected chi connectivity index (χ3v) is 4.12. The predicted molar refractivity (Wildman–Crippen MR) is 79.3 cm³/mol. The molecule has 1 saturated heterocycles. The Morgan fingerprint density at radius 2 is 2.11 bits per heavy atom. The molecular weight excluding hydrogens is 306 g/mol. The Bertz CT molecular complexity index is 419. The van der Waals surface area contributed by atoms with Gasteiger partial charge in [0.15, 0.2) is 6.61 Å². The fourth-order valence-corrected chi connectivity index (χ4v) is 2.78. The first-order valence-electron chi connectivity index (χ1n) is 6.88. The molecule has 19 heavy (non-hydrogen) atoms. The second kappa shape index (κ2) is 6.94. The van der Waals surface area contributed by atoms with Crippen LogP contribution in [0.3, 0.4) is 0 Å². The summed E-state index contributed by atoms with van der Waals surface area (Å²) in [5.41, 5.74) is 0. The van der Waals surface area contributed by atoms with Crippen molar-refractivity contribution >= 4 is 21.8 Å². The van der Waals surface area contributed by atoms with Crippen LogP contribution in [-0.2, 0) is 4.79 Å². The van der Waals surface area contributed by atoms with Crippen LogP contribution in [0.15, 0.2) is 28.7 Å². The largest absolute Gasteiger partial charge is 0.484 e. The van der Waals surface area contributed by atoms with E-state index >= 15 is 0 Å². The van der Waals surface area contributed by atoms with Crippen molar-refractivity contribution in [2.24, 2.45) is 0 Å². The van der Waals surface area contributed by atoms with Gasteiger partial charge in [0, 0.05) is 17.1 Å². The molecule has 4 heteroatoms. The normalized spacial score (nSPS) is 19.3. The summed E-state index contributed by atoms with van der Waals surface area (Å²) in [5, 5.41) is 0. The highest BCUT2D eigenvalue weighted by Gasteiger charge is 2.25. The Morgan fingerprint density at radius 3 is 2.79 bits per heavy atom. The summed E-state index contributed by atoms with van der Waals surface area (Å²) in [6.07, 6.45) is 4.50. The first kappa shape index (κ1) is 14.4. The zero-order valence-electron chi connectivity index (χ0n) is 11.3. The lowest BCUT2D eigenvalue weighted by molar-refractivity contribution is -0.137. The van der Waals surface area contributed by atoms with Crippen LogP contribution in [0, 0.1) is 0 Å². The SMILES string of the molecule is CCC1CCCCN1C(=O)COc1ccc(Br)cc1. The van der Waals surface area contributed by atoms with Gasteiger partial charge in [-0.05, 0) is 49.9 Å². The van der Waals surface area contributed by atoms with Gasteiger partial charge in [-0.15, -0.1) is 0 Å². The highest BCUT2D eigenvalue weighted by atomic mass is 79.9. The van der Waals surface area contributed by atoms with Gasteiger partial charge >= 0.3 is 0 Å². The minimum Gasteiger partial charge on any atom is -0.484 e. The summed E-state index contributed by atoms with van der Waals surface area (Å²) in [6.45, 7) is 3.16. The van der Waals surface area contributed by atoms with Crippen molar-refractivity contribution in [3.63, 3.8) is 0 Å². The number of piperidine rings is 1. The lowest BCUT2D eigenvalue weighted by Crippen LogP contribution is -2.45. The minimum absolute atomic E-state index is 0.106. The quantitative estimate of drug-likeness (QED) is 0.846. The van der Waals surface area contributed by atoms with Crippen molar-refractivity contribution in [2.45, 2.75) is 38.6 Å². The number of likely N-dealkylation sites (tertiary alicyclic amines) is 1. The van der Waals surface area contributed by atoms with Crippen LogP contribution in [-0.4, -0.2) is 30.0 Å². The van der Waals surface area contributed by atoms with E-state index in [1.165, 1.54) is 6.42 Å². The molecule has 3 nitrogen and oxygen atoms in total. The lowest BCUT2D eigenvalue weighted by atomic mass is 10.00. The molecule has 1 aromatic rings. The summed E-state index contributed by atoms with van der Waals surface area (Å²) in [4.78, 5) is 14.2. The molecule has 0 spiro atoms. The number of benzene rings is 1. The number of nitrogens with zero attached hydrogens (tertiary/aromatic N) is 1. The fourth-order valence-electron chi connectivity index (χ4n) is 2.51. The Hall–Kier alpha value is -1.03. The molecular formula is C15H20BrNO2. The number of hydrogen-bond donors (Lipinski definition) is 0. The number of halogens is 1. The molecule has 0 radical (unpaired) electrons. The second-order valence-corrected chi connectivity index (χ2v) is 5.80. The van der Waals surface area contributed by atoms with E-state index in [0.29, 0.717) is 6.04 Å². The summed E-state index contributed by atoms with van der Waals surface area (Å²) in [6, 6.07) is 7.95. The zero-order chi connectivity index (χ0) is 13.7. The molecule has 1 aliphatic rings. The molecule has 0 bridgehead atoms. The maximum absolute atomic E-state index is 12.2. The number of ether oxygens (including phenoxy) is 1. The van der Waals surface area contributed by atoms with Gasteiger partial charge in [-0.3, -0.25) is 4.79 Å². The monoisotopic (exact) mass is 325 g/mol. The molecule has 104 valence electrons. The number of hydrogen-bond acceptors (Lipinski definition) is 2. The minimum atomic E-state index is 0.106. The van der Waals surface area contributed by atoms with Crippen LogP contribution in [0.2, 0.25) is 0 Å².